The number of nitrogens with one attached hydrogen (secondary N) is 8. The summed E-state index contributed by atoms with van der Waals surface area (Å²) in [6.45, 7) is 11.3. The maximum Gasteiger partial charge on any atom is 0.435 e. The summed E-state index contributed by atoms with van der Waals surface area (Å²) in [5, 5.41) is 38.9. The summed E-state index contributed by atoms with van der Waals surface area (Å²) >= 11 is 64.4. The van der Waals surface area contributed by atoms with E-state index in [9.17, 15) is 51.5 Å². The largest absolute Gasteiger partial charge is 0.435 e. The number of rotatable bonds is 18. The third kappa shape index (κ3) is 25.2. The van der Waals surface area contributed by atoms with Gasteiger partial charge >= 0.3 is 6.18 Å². The van der Waals surface area contributed by atoms with Crippen LogP contribution in [0.3, 0.4) is 0 Å². The highest BCUT2D eigenvalue weighted by atomic mass is 79.9. The van der Waals surface area contributed by atoms with Gasteiger partial charge in [0.1, 0.15) is 36.6 Å². The van der Waals surface area contributed by atoms with Crippen LogP contribution in [0.5, 0.6) is 0 Å². The molecule has 8 aromatic heterocycles. The van der Waals surface area contributed by atoms with Crippen molar-refractivity contribution >= 4 is 287 Å². The van der Waals surface area contributed by atoms with Crippen LogP contribution in [0, 0.1) is 0 Å². The van der Waals surface area contributed by atoms with Crippen molar-refractivity contribution in [2.45, 2.75) is 59.3 Å². The Morgan fingerprint density at radius 3 is 1.02 bits per heavy atom. The summed E-state index contributed by atoms with van der Waals surface area (Å²) in [5.41, 5.74) is -0.0947. The van der Waals surface area contributed by atoms with E-state index in [2.05, 4.69) is 242 Å². The van der Waals surface area contributed by atoms with Crippen LogP contribution in [-0.4, -0.2) is 131 Å². The van der Waals surface area contributed by atoms with Crippen molar-refractivity contribution in [3.8, 4) is 23.3 Å². The molecule has 0 saturated carbocycles. The minimum absolute atomic E-state index is 0.000582. The minimum Gasteiger partial charge on any atom is -0.355 e. The van der Waals surface area contributed by atoms with E-state index < -0.39 is 52.6 Å². The summed E-state index contributed by atoms with van der Waals surface area (Å²) in [7, 11) is 1.51. The predicted octanol–water partition coefficient (Wildman–Crippen LogP) is 21.8. The number of benzene rings is 4. The van der Waals surface area contributed by atoms with E-state index in [1.165, 1.54) is 57.6 Å². The summed E-state index contributed by atoms with van der Waals surface area (Å²) in [6, 6.07) is 30.9. The number of amides is 8. The third-order valence-corrected chi connectivity index (χ3v) is 21.7. The monoisotopic (exact) mass is 2390 g/mol. The Morgan fingerprint density at radius 2 is 0.702 bits per heavy atom. The van der Waals surface area contributed by atoms with Gasteiger partial charge in [0.05, 0.1) is 70.1 Å². The first kappa shape index (κ1) is 96.9. The molecule has 0 fully saturated rings. The summed E-state index contributed by atoms with van der Waals surface area (Å²) < 4.78 is 50.3. The highest BCUT2D eigenvalue weighted by Crippen LogP contribution is 2.39. The number of pyridine rings is 4. The van der Waals surface area contributed by atoms with Gasteiger partial charge in [-0.25, -0.2) is 38.7 Å². The molecule has 0 radical (unpaired) electrons. The zero-order chi connectivity index (χ0) is 89.0. The first-order valence-corrected chi connectivity index (χ1v) is 44.0. The fourth-order valence-corrected chi connectivity index (χ4v) is 17.1. The molecule has 0 saturated heterocycles. The Labute approximate surface area is 795 Å². The maximum atomic E-state index is 13.4. The second kappa shape index (κ2) is 42.7. The van der Waals surface area contributed by atoms with Crippen LogP contribution in [0.4, 0.5) is 35.9 Å². The van der Waals surface area contributed by atoms with Crippen molar-refractivity contribution in [3.63, 3.8) is 0 Å². The van der Waals surface area contributed by atoms with E-state index in [4.69, 9.17) is 58.0 Å². The van der Waals surface area contributed by atoms with E-state index in [1.807, 2.05) is 20.8 Å². The fraction of sp³-hybridized carbons (Fsp3) is 0.147. The number of hydrogen-bond acceptors (Lipinski definition) is 16. The molecule has 0 aliphatic heterocycles. The molecule has 8 N–H and O–H groups in total. The summed E-state index contributed by atoms with van der Waals surface area (Å²) in [5.74, 6) is -3.27. The lowest BCUT2D eigenvalue weighted by atomic mass is 10.1. The second-order valence-electron chi connectivity index (χ2n) is 25.7. The molecule has 46 heteroatoms. The Bertz CT molecular complexity index is 6040. The van der Waals surface area contributed by atoms with Gasteiger partial charge in [-0.3, -0.25) is 38.4 Å². The molecule has 28 nitrogen and oxygen atoms in total. The number of carbonyl (C=O) groups excluding carboxylic acids is 8. The number of nitrogens with zero attached hydrogens (tertiary/aromatic N) is 12. The first-order chi connectivity index (χ1) is 57.0. The van der Waals surface area contributed by atoms with Crippen LogP contribution in [0.25, 0.3) is 23.3 Å². The van der Waals surface area contributed by atoms with Gasteiger partial charge in [-0.15, -0.1) is 0 Å². The smallest absolute Gasteiger partial charge is 0.355 e. The topological polar surface area (TPSA) is 356 Å². The molecule has 630 valence electrons. The number of aromatic nitrogens is 12. The van der Waals surface area contributed by atoms with E-state index in [0.29, 0.717) is 123 Å². The lowest BCUT2D eigenvalue weighted by molar-refractivity contribution is -0.141. The lowest BCUT2D eigenvalue weighted by Crippen LogP contribution is -2.41. The molecule has 0 aliphatic carbocycles. The maximum absolute atomic E-state index is 13.4. The number of anilines is 4. The molecular formula is C75H56Br10Cl5F3N20O8. The molecule has 8 amide bonds. The Balaban J connectivity index is 0.000000184. The zero-order valence-electron chi connectivity index (χ0n) is 62.6. The van der Waals surface area contributed by atoms with E-state index in [0.717, 1.165) is 0 Å². The standard InChI is InChI=1S/C21H17BrCl2F3N5O2.C19H15Br3ClN5O2.C18H13Br3ClN5O2.C17H11Br3ClN5O2/c1-20(2,3)30-18(33)11-7-10(22)8-13(24)16(11)29-19(34)14-9-15(21(25,26)27)31-32(14)17-12(23)5-4-6-28-17;1-9(2)25-18(29)11-6-10(20)7-12(21)16(11)26-19(30)14-8-15(22)27-28(14)17-13(23)4-3-5-24-17;1-2-23-17(28)10-6-9(19)7-11(20)15(10)25-18(29)13-8-14(21)26-27(13)16-12(22)4-3-5-24-16;1-22-16(27)9-5-8(18)6-10(19)14(9)24-17(28)12-7-13(20)25-26(12)15-11(21)3-2-4-23-15/h4-9H,1-3H3,(H,29,34)(H,30,33);3-9H,1-2H3,(H,25,29)(H,26,30);3-8H,2H2,1H3,(H,23,28)(H,25,29);2-7H,1H3,(H,22,27)(H,24,28). The van der Waals surface area contributed by atoms with Crippen LogP contribution >= 0.6 is 217 Å². The van der Waals surface area contributed by atoms with Gasteiger partial charge in [0.25, 0.3) is 47.3 Å². The molecule has 12 rings (SSSR count). The molecule has 121 heavy (non-hydrogen) atoms. The van der Waals surface area contributed by atoms with Crippen molar-refractivity contribution in [1.82, 2.24) is 80.3 Å². The predicted molar refractivity (Wildman–Crippen MR) is 491 cm³/mol. The van der Waals surface area contributed by atoms with Crippen LogP contribution in [0.15, 0.2) is 191 Å². The normalized spacial score (nSPS) is 11.1. The molecule has 0 atom stereocenters. The fourth-order valence-electron chi connectivity index (χ4n) is 10.4. The van der Waals surface area contributed by atoms with Crippen LogP contribution in [0.2, 0.25) is 25.1 Å². The van der Waals surface area contributed by atoms with Crippen molar-refractivity contribution in [1.29, 1.82) is 0 Å². The van der Waals surface area contributed by atoms with E-state index >= 15 is 0 Å². The second-order valence-corrected chi connectivity index (χ2v) is 36.4. The van der Waals surface area contributed by atoms with Crippen molar-refractivity contribution in [2.75, 3.05) is 34.9 Å². The average molecular weight is 2400 g/mol. The highest BCUT2D eigenvalue weighted by Gasteiger charge is 2.38. The van der Waals surface area contributed by atoms with Gasteiger partial charge < -0.3 is 42.5 Å². The Kier molecular flexibility index (Phi) is 34.2. The quantitative estimate of drug-likeness (QED) is 0.0396. The summed E-state index contributed by atoms with van der Waals surface area (Å²) in [6.07, 6.45) is 1.11. The molecule has 12 aromatic rings. The Morgan fingerprint density at radius 1 is 0.397 bits per heavy atom. The third-order valence-electron chi connectivity index (χ3n) is 15.4. The van der Waals surface area contributed by atoms with Gasteiger partial charge in [0.15, 0.2) is 29.0 Å². The van der Waals surface area contributed by atoms with Crippen molar-refractivity contribution < 1.29 is 51.5 Å². The van der Waals surface area contributed by atoms with Crippen LogP contribution < -0.4 is 42.5 Å². The van der Waals surface area contributed by atoms with Crippen LogP contribution in [-0.2, 0) is 6.18 Å². The zero-order valence-corrected chi connectivity index (χ0v) is 82.2. The number of alkyl halides is 3. The molecule has 0 spiro atoms. The molecule has 0 aliphatic rings. The average Bonchev–Trinajstić information content (AvgIpc) is 1.79. The van der Waals surface area contributed by atoms with Gasteiger partial charge in [-0.05, 0) is 234 Å². The van der Waals surface area contributed by atoms with Gasteiger partial charge in [0.2, 0.25) is 0 Å². The molecule has 4 aromatic carbocycles. The molecular weight excluding hydrogens is 2340 g/mol. The molecule has 0 bridgehead atoms. The van der Waals surface area contributed by atoms with Gasteiger partial charge in [-0.2, -0.15) is 33.6 Å². The first-order valence-electron chi connectivity index (χ1n) is 34.2. The van der Waals surface area contributed by atoms with E-state index in [-0.39, 0.29) is 73.5 Å². The Hall–Kier alpha value is -7.88. The summed E-state index contributed by atoms with van der Waals surface area (Å²) in [4.78, 5) is 119. The minimum atomic E-state index is -4.84. The van der Waals surface area contributed by atoms with Crippen molar-refractivity contribution in [3.05, 3.63) is 267 Å². The number of halogens is 18. The van der Waals surface area contributed by atoms with Crippen LogP contribution in [0.1, 0.15) is 131 Å². The van der Waals surface area contributed by atoms with E-state index in [1.54, 1.807) is 124 Å². The SMILES string of the molecule is CC(C)(C)NC(=O)c1cc(Br)cc(Cl)c1NC(=O)c1cc(C(F)(F)F)nn1-c1ncccc1Cl.CC(C)NC(=O)c1cc(Br)cc(Br)c1NC(=O)c1cc(Br)nn1-c1ncccc1Cl.CCNC(=O)c1cc(Br)cc(Br)c1NC(=O)c1cc(Br)nn1-c1ncccc1Cl.CNC(=O)c1cc(Br)cc(Br)c1NC(=O)c1cc(Br)nn1-c1ncccc1Cl. The van der Waals surface area contributed by atoms with Gasteiger partial charge in [0, 0.05) is 106 Å². The highest BCUT2D eigenvalue weighted by molar-refractivity contribution is 9.12. The molecule has 0 unspecified atom stereocenters. The van der Waals surface area contributed by atoms with Gasteiger partial charge in [-0.1, -0.05) is 122 Å². The number of hydrogen-bond donors (Lipinski definition) is 8. The molecule has 8 heterocycles. The number of carbonyl (C=O) groups is 8. The van der Waals surface area contributed by atoms with Crippen molar-refractivity contribution in [2.24, 2.45) is 0 Å². The lowest BCUT2D eigenvalue weighted by Gasteiger charge is -2.22.